The summed E-state index contributed by atoms with van der Waals surface area (Å²) in [4.78, 5) is 23.7. The van der Waals surface area contributed by atoms with E-state index >= 15 is 0 Å². The lowest BCUT2D eigenvalue weighted by Gasteiger charge is -2.09. The first-order valence-corrected chi connectivity index (χ1v) is 10.9. The summed E-state index contributed by atoms with van der Waals surface area (Å²) in [7, 11) is -3.76. The number of hydrogen-bond acceptors (Lipinski definition) is 6. The lowest BCUT2D eigenvalue weighted by Crippen LogP contribution is -2.28. The number of nitrogens with one attached hydrogen (secondary N) is 2. The van der Waals surface area contributed by atoms with E-state index in [4.69, 9.17) is 9.47 Å². The third-order valence-electron chi connectivity index (χ3n) is 4.22. The van der Waals surface area contributed by atoms with Crippen molar-refractivity contribution in [1.29, 1.82) is 0 Å². The molecule has 162 valence electrons. The van der Waals surface area contributed by atoms with Crippen LogP contribution < -0.4 is 14.8 Å². The number of sulfonamides is 1. The van der Waals surface area contributed by atoms with Crippen LogP contribution in [0.3, 0.4) is 0 Å². The molecular formula is C21H26N2O6S. The summed E-state index contributed by atoms with van der Waals surface area (Å²) in [6, 6.07) is 11.4. The first-order valence-electron chi connectivity index (χ1n) is 9.46. The van der Waals surface area contributed by atoms with Gasteiger partial charge in [-0.25, -0.2) is 13.1 Å². The predicted molar refractivity (Wildman–Crippen MR) is 113 cm³/mol. The third kappa shape index (κ3) is 7.16. The van der Waals surface area contributed by atoms with Crippen LogP contribution in [0.4, 0.5) is 5.69 Å². The highest BCUT2D eigenvalue weighted by Crippen LogP contribution is 2.16. The number of esters is 1. The average Bonchev–Trinajstić information content (AvgIpc) is 2.70. The molecule has 1 amide bonds. The highest BCUT2D eigenvalue weighted by atomic mass is 32.2. The van der Waals surface area contributed by atoms with E-state index in [9.17, 15) is 18.0 Å². The summed E-state index contributed by atoms with van der Waals surface area (Å²) in [5.41, 5.74) is 2.75. The molecule has 30 heavy (non-hydrogen) atoms. The predicted octanol–water partition coefficient (Wildman–Crippen LogP) is 2.55. The molecule has 0 radical (unpaired) electrons. The molecule has 2 aromatic rings. The Hall–Kier alpha value is -2.91. The Labute approximate surface area is 176 Å². The van der Waals surface area contributed by atoms with Gasteiger partial charge < -0.3 is 14.8 Å². The molecule has 0 aromatic heterocycles. The van der Waals surface area contributed by atoms with Crippen LogP contribution in [-0.4, -0.2) is 40.1 Å². The van der Waals surface area contributed by atoms with Crippen LogP contribution in [0.5, 0.6) is 5.75 Å². The van der Waals surface area contributed by atoms with Gasteiger partial charge in [-0.15, -0.1) is 0 Å². The topological polar surface area (TPSA) is 111 Å². The summed E-state index contributed by atoms with van der Waals surface area (Å²) in [5, 5.41) is 2.64. The van der Waals surface area contributed by atoms with Gasteiger partial charge in [0.1, 0.15) is 5.75 Å². The molecule has 0 saturated carbocycles. The first kappa shape index (κ1) is 23.4. The summed E-state index contributed by atoms with van der Waals surface area (Å²) < 4.78 is 37.0. The van der Waals surface area contributed by atoms with Gasteiger partial charge in [-0.2, -0.15) is 0 Å². The van der Waals surface area contributed by atoms with E-state index in [1.807, 2.05) is 32.9 Å². The van der Waals surface area contributed by atoms with Crippen molar-refractivity contribution in [3.05, 3.63) is 53.6 Å². The van der Waals surface area contributed by atoms with Gasteiger partial charge in [-0.05, 0) is 68.3 Å². The second-order valence-electron chi connectivity index (χ2n) is 6.56. The number of ether oxygens (including phenoxy) is 2. The Kier molecular flexibility index (Phi) is 8.37. The maximum Gasteiger partial charge on any atom is 0.307 e. The number of carbonyl (C=O) groups is 2. The molecular weight excluding hydrogens is 408 g/mol. The van der Waals surface area contributed by atoms with Gasteiger partial charge >= 0.3 is 5.97 Å². The molecule has 0 heterocycles. The fourth-order valence-corrected chi connectivity index (χ4v) is 3.52. The van der Waals surface area contributed by atoms with Crippen LogP contribution in [-0.2, 0) is 24.3 Å². The van der Waals surface area contributed by atoms with E-state index in [0.29, 0.717) is 18.0 Å². The lowest BCUT2D eigenvalue weighted by atomic mass is 10.1. The monoisotopic (exact) mass is 434 g/mol. The van der Waals surface area contributed by atoms with E-state index in [0.717, 1.165) is 11.1 Å². The molecule has 2 N–H and O–H groups in total. The number of carbonyl (C=O) groups excluding carboxylic acids is 2. The SMILES string of the molecule is CCOc1ccc(S(=O)(=O)NCCC(=O)OCC(=O)Nc2ccc(C)c(C)c2)cc1. The van der Waals surface area contributed by atoms with Gasteiger partial charge in [0.05, 0.1) is 17.9 Å². The number of anilines is 1. The highest BCUT2D eigenvalue weighted by molar-refractivity contribution is 7.89. The fraction of sp³-hybridized carbons (Fsp3) is 0.333. The second-order valence-corrected chi connectivity index (χ2v) is 8.33. The fourth-order valence-electron chi connectivity index (χ4n) is 2.49. The van der Waals surface area contributed by atoms with Crippen molar-refractivity contribution >= 4 is 27.6 Å². The minimum absolute atomic E-state index is 0.0621. The summed E-state index contributed by atoms with van der Waals surface area (Å²) in [5.74, 6) is -0.583. The minimum Gasteiger partial charge on any atom is -0.494 e. The standard InChI is InChI=1S/C21H26N2O6S/c1-4-28-18-7-9-19(10-8-18)30(26,27)22-12-11-21(25)29-14-20(24)23-17-6-5-15(2)16(3)13-17/h5-10,13,22H,4,11-12,14H2,1-3H3,(H,23,24). The van der Waals surface area contributed by atoms with Crippen LogP contribution in [0.25, 0.3) is 0 Å². The lowest BCUT2D eigenvalue weighted by molar-refractivity contribution is -0.147. The van der Waals surface area contributed by atoms with Crippen molar-refractivity contribution in [2.24, 2.45) is 0 Å². The number of hydrogen-bond donors (Lipinski definition) is 2. The van der Waals surface area contributed by atoms with Crippen molar-refractivity contribution in [3.8, 4) is 5.75 Å². The minimum atomic E-state index is -3.76. The molecule has 0 bridgehead atoms. The van der Waals surface area contributed by atoms with Gasteiger partial charge in [-0.3, -0.25) is 9.59 Å². The smallest absolute Gasteiger partial charge is 0.307 e. The number of aryl methyl sites for hydroxylation is 2. The molecule has 2 rings (SSSR count). The van der Waals surface area contributed by atoms with Crippen LogP contribution in [0.15, 0.2) is 47.4 Å². The van der Waals surface area contributed by atoms with E-state index in [-0.39, 0.29) is 17.9 Å². The Balaban J connectivity index is 1.74. The molecule has 0 atom stereocenters. The van der Waals surface area contributed by atoms with Gasteiger partial charge in [0, 0.05) is 12.2 Å². The summed E-state index contributed by atoms with van der Waals surface area (Å²) in [6.45, 7) is 5.62. The Bertz CT molecular complexity index is 987. The normalized spacial score (nSPS) is 11.0. The Morgan fingerprint density at radius 1 is 1.00 bits per heavy atom. The van der Waals surface area contributed by atoms with Crippen LogP contribution in [0.1, 0.15) is 24.5 Å². The molecule has 0 spiro atoms. The van der Waals surface area contributed by atoms with Crippen molar-refractivity contribution in [2.45, 2.75) is 32.1 Å². The largest absolute Gasteiger partial charge is 0.494 e. The van der Waals surface area contributed by atoms with Crippen LogP contribution in [0, 0.1) is 13.8 Å². The molecule has 8 nitrogen and oxygen atoms in total. The molecule has 0 unspecified atom stereocenters. The third-order valence-corrected chi connectivity index (χ3v) is 5.70. The van der Waals surface area contributed by atoms with E-state index in [2.05, 4.69) is 10.0 Å². The van der Waals surface area contributed by atoms with Crippen molar-refractivity contribution in [3.63, 3.8) is 0 Å². The van der Waals surface area contributed by atoms with Gasteiger partial charge in [-0.1, -0.05) is 6.07 Å². The molecule has 0 saturated heterocycles. The van der Waals surface area contributed by atoms with Gasteiger partial charge in [0.15, 0.2) is 6.61 Å². The number of rotatable bonds is 10. The zero-order valence-electron chi connectivity index (χ0n) is 17.2. The first-order chi connectivity index (χ1) is 14.2. The van der Waals surface area contributed by atoms with E-state index in [1.54, 1.807) is 18.2 Å². The second kappa shape index (κ2) is 10.7. The molecule has 0 aliphatic heterocycles. The molecule has 2 aromatic carbocycles. The molecule has 9 heteroatoms. The van der Waals surface area contributed by atoms with Crippen LogP contribution in [0.2, 0.25) is 0 Å². The van der Waals surface area contributed by atoms with Crippen molar-refractivity contribution in [1.82, 2.24) is 4.72 Å². The van der Waals surface area contributed by atoms with Gasteiger partial charge in [0.25, 0.3) is 5.91 Å². The average molecular weight is 435 g/mol. The van der Waals surface area contributed by atoms with Crippen LogP contribution >= 0.6 is 0 Å². The maximum atomic E-state index is 12.2. The zero-order valence-corrected chi connectivity index (χ0v) is 18.0. The summed E-state index contributed by atoms with van der Waals surface area (Å²) >= 11 is 0. The quantitative estimate of drug-likeness (QED) is 0.556. The van der Waals surface area contributed by atoms with E-state index < -0.39 is 28.5 Å². The van der Waals surface area contributed by atoms with Crippen molar-refractivity contribution in [2.75, 3.05) is 25.1 Å². The van der Waals surface area contributed by atoms with Crippen molar-refractivity contribution < 1.29 is 27.5 Å². The highest BCUT2D eigenvalue weighted by Gasteiger charge is 2.15. The zero-order chi connectivity index (χ0) is 22.1. The number of amides is 1. The number of benzene rings is 2. The maximum absolute atomic E-state index is 12.2. The Morgan fingerprint density at radius 3 is 2.33 bits per heavy atom. The molecule has 0 aliphatic rings. The summed E-state index contributed by atoms with van der Waals surface area (Å²) in [6.07, 6.45) is -0.201. The molecule has 0 fully saturated rings. The Morgan fingerprint density at radius 2 is 1.70 bits per heavy atom. The van der Waals surface area contributed by atoms with Gasteiger partial charge in [0.2, 0.25) is 10.0 Å². The van der Waals surface area contributed by atoms with E-state index in [1.165, 1.54) is 12.1 Å². The molecule has 0 aliphatic carbocycles.